The number of nitrogens with one attached hydrogen (secondary N) is 1. The first-order valence-electron chi connectivity index (χ1n) is 4.46. The molecular weight excluding hydrogens is 197 g/mol. The lowest BCUT2D eigenvalue weighted by atomic mass is 10.2. The van der Waals surface area contributed by atoms with E-state index in [2.05, 4.69) is 11.2 Å². The topological polar surface area (TPSA) is 52.5 Å². The maximum absolute atomic E-state index is 12.8. The molecular formula is C11H12FNO2. The molecule has 3 N–H and O–H groups in total. The van der Waals surface area contributed by atoms with Gasteiger partial charge in [-0.25, -0.2) is 4.39 Å². The van der Waals surface area contributed by atoms with Crippen LogP contribution in [0.3, 0.4) is 0 Å². The number of aliphatic hydroxyl groups is 2. The molecule has 0 aliphatic heterocycles. The van der Waals surface area contributed by atoms with Gasteiger partial charge in [-0.3, -0.25) is 0 Å². The molecule has 0 spiro atoms. The molecule has 1 atom stereocenters. The molecule has 0 saturated carbocycles. The van der Waals surface area contributed by atoms with Crippen LogP contribution in [0.25, 0.3) is 0 Å². The molecule has 1 aromatic rings. The lowest BCUT2D eigenvalue weighted by molar-refractivity contribution is 0.105. The number of hydrogen-bond donors (Lipinski definition) is 3. The summed E-state index contributed by atoms with van der Waals surface area (Å²) in [4.78, 5) is 0. The Morgan fingerprint density at radius 2 is 2.27 bits per heavy atom. The second kappa shape index (κ2) is 5.35. The Hall–Kier alpha value is -1.57. The molecule has 0 aromatic heterocycles. The highest BCUT2D eigenvalue weighted by Crippen LogP contribution is 2.15. The zero-order chi connectivity index (χ0) is 11.3. The van der Waals surface area contributed by atoms with E-state index >= 15 is 0 Å². The Bertz CT molecular complexity index is 373. The summed E-state index contributed by atoms with van der Waals surface area (Å²) in [5.41, 5.74) is 0.950. The van der Waals surface area contributed by atoms with E-state index in [-0.39, 0.29) is 13.2 Å². The van der Waals surface area contributed by atoms with Crippen LogP contribution in [0.2, 0.25) is 0 Å². The highest BCUT2D eigenvalue weighted by atomic mass is 19.1. The van der Waals surface area contributed by atoms with Crippen LogP contribution in [0.5, 0.6) is 0 Å². The average Bonchev–Trinajstić information content (AvgIpc) is 2.26. The highest BCUT2D eigenvalue weighted by molar-refractivity contribution is 5.58. The molecule has 0 aliphatic rings. The summed E-state index contributed by atoms with van der Waals surface area (Å²) < 4.78 is 12.8. The molecule has 0 aliphatic carbocycles. The fraction of sp³-hybridized carbons (Fsp3) is 0.273. The Morgan fingerprint density at radius 1 is 1.53 bits per heavy atom. The lowest BCUT2D eigenvalue weighted by Crippen LogP contribution is -2.23. The Kier molecular flexibility index (Phi) is 4.10. The summed E-state index contributed by atoms with van der Waals surface area (Å²) in [6, 6.07) is 4.00. The number of anilines is 1. The lowest BCUT2D eigenvalue weighted by Gasteiger charge is -2.11. The van der Waals surface area contributed by atoms with E-state index in [4.69, 9.17) is 16.6 Å². The van der Waals surface area contributed by atoms with Crippen LogP contribution in [0.1, 0.15) is 5.56 Å². The molecule has 15 heavy (non-hydrogen) atoms. The zero-order valence-electron chi connectivity index (χ0n) is 8.07. The van der Waals surface area contributed by atoms with Crippen molar-refractivity contribution in [1.82, 2.24) is 0 Å². The quantitative estimate of drug-likeness (QED) is 0.635. The highest BCUT2D eigenvalue weighted by Gasteiger charge is 2.04. The summed E-state index contributed by atoms with van der Waals surface area (Å²) in [6.07, 6.45) is 4.33. The minimum atomic E-state index is -0.860. The third-order valence-corrected chi connectivity index (χ3v) is 1.88. The number of aliphatic hydroxyl groups excluding tert-OH is 2. The molecule has 1 unspecified atom stereocenters. The van der Waals surface area contributed by atoms with Crippen molar-refractivity contribution in [2.75, 3.05) is 18.5 Å². The van der Waals surface area contributed by atoms with Crippen molar-refractivity contribution in [3.05, 3.63) is 29.6 Å². The Balaban J connectivity index is 2.73. The molecule has 0 heterocycles. The van der Waals surface area contributed by atoms with Gasteiger partial charge in [-0.15, -0.1) is 6.42 Å². The fourth-order valence-corrected chi connectivity index (χ4v) is 1.08. The van der Waals surface area contributed by atoms with Crippen molar-refractivity contribution < 1.29 is 14.6 Å². The second-order valence-electron chi connectivity index (χ2n) is 3.05. The van der Waals surface area contributed by atoms with E-state index in [0.29, 0.717) is 11.3 Å². The predicted octanol–water partition coefficient (Wildman–Crippen LogP) is 0.572. The van der Waals surface area contributed by atoms with Gasteiger partial charge in [0, 0.05) is 6.54 Å². The normalized spacial score (nSPS) is 11.9. The zero-order valence-corrected chi connectivity index (χ0v) is 8.07. The molecule has 0 bridgehead atoms. The van der Waals surface area contributed by atoms with E-state index in [0.717, 1.165) is 0 Å². The van der Waals surface area contributed by atoms with Crippen molar-refractivity contribution in [2.24, 2.45) is 0 Å². The molecule has 1 aromatic carbocycles. The van der Waals surface area contributed by atoms with Gasteiger partial charge in [0.05, 0.1) is 24.0 Å². The van der Waals surface area contributed by atoms with Crippen molar-refractivity contribution in [3.8, 4) is 12.3 Å². The van der Waals surface area contributed by atoms with Gasteiger partial charge in [0.15, 0.2) is 0 Å². The number of benzene rings is 1. The van der Waals surface area contributed by atoms with Crippen LogP contribution in [-0.2, 0) is 0 Å². The van der Waals surface area contributed by atoms with Crippen molar-refractivity contribution >= 4 is 5.69 Å². The summed E-state index contributed by atoms with van der Waals surface area (Å²) in [5.74, 6) is 1.93. The van der Waals surface area contributed by atoms with E-state index in [1.54, 1.807) is 0 Å². The maximum atomic E-state index is 12.8. The molecule has 3 nitrogen and oxygen atoms in total. The average molecular weight is 209 g/mol. The van der Waals surface area contributed by atoms with Gasteiger partial charge in [-0.05, 0) is 18.2 Å². The minimum Gasteiger partial charge on any atom is -0.394 e. The standard InChI is InChI=1S/C11H12FNO2/c1-2-8-5-9(12)3-4-11(8)13-6-10(15)7-14/h1,3-5,10,13-15H,6-7H2. The molecule has 4 heteroatoms. The van der Waals surface area contributed by atoms with Crippen LogP contribution in [0, 0.1) is 18.2 Å². The molecule has 0 amide bonds. The summed E-state index contributed by atoms with van der Waals surface area (Å²) >= 11 is 0. The van der Waals surface area contributed by atoms with Gasteiger partial charge < -0.3 is 15.5 Å². The molecule has 1 rings (SSSR count). The monoisotopic (exact) mass is 209 g/mol. The van der Waals surface area contributed by atoms with Gasteiger partial charge in [0.1, 0.15) is 5.82 Å². The van der Waals surface area contributed by atoms with Crippen LogP contribution in [-0.4, -0.2) is 29.5 Å². The Labute approximate surface area is 87.6 Å². The Morgan fingerprint density at radius 3 is 2.87 bits per heavy atom. The van der Waals surface area contributed by atoms with Crippen LogP contribution in [0.4, 0.5) is 10.1 Å². The molecule has 0 fully saturated rings. The number of halogens is 1. The summed E-state index contributed by atoms with van der Waals surface area (Å²) in [6.45, 7) is -0.170. The van der Waals surface area contributed by atoms with Gasteiger partial charge in [0.25, 0.3) is 0 Å². The number of hydrogen-bond acceptors (Lipinski definition) is 3. The second-order valence-corrected chi connectivity index (χ2v) is 3.05. The first kappa shape index (κ1) is 11.5. The van der Waals surface area contributed by atoms with E-state index in [1.165, 1.54) is 18.2 Å². The van der Waals surface area contributed by atoms with Crippen molar-refractivity contribution in [2.45, 2.75) is 6.10 Å². The van der Waals surface area contributed by atoms with Gasteiger partial charge in [0.2, 0.25) is 0 Å². The number of rotatable bonds is 4. The molecule has 80 valence electrons. The van der Waals surface area contributed by atoms with Crippen LogP contribution >= 0.6 is 0 Å². The van der Waals surface area contributed by atoms with Gasteiger partial charge in [-0.2, -0.15) is 0 Å². The van der Waals surface area contributed by atoms with E-state index in [1.807, 2.05) is 0 Å². The SMILES string of the molecule is C#Cc1cc(F)ccc1NCC(O)CO. The summed E-state index contributed by atoms with van der Waals surface area (Å²) in [7, 11) is 0. The van der Waals surface area contributed by atoms with E-state index in [9.17, 15) is 4.39 Å². The van der Waals surface area contributed by atoms with E-state index < -0.39 is 11.9 Å². The third-order valence-electron chi connectivity index (χ3n) is 1.88. The third kappa shape index (κ3) is 3.24. The summed E-state index contributed by atoms with van der Waals surface area (Å²) in [5, 5.41) is 20.5. The first-order valence-corrected chi connectivity index (χ1v) is 4.46. The largest absolute Gasteiger partial charge is 0.394 e. The minimum absolute atomic E-state index is 0.164. The fourth-order valence-electron chi connectivity index (χ4n) is 1.08. The predicted molar refractivity (Wildman–Crippen MR) is 55.9 cm³/mol. The maximum Gasteiger partial charge on any atom is 0.124 e. The first-order chi connectivity index (χ1) is 7.17. The smallest absolute Gasteiger partial charge is 0.124 e. The molecule has 0 saturated heterocycles. The van der Waals surface area contributed by atoms with Crippen LogP contribution < -0.4 is 5.32 Å². The molecule has 0 radical (unpaired) electrons. The van der Waals surface area contributed by atoms with Crippen molar-refractivity contribution in [1.29, 1.82) is 0 Å². The van der Waals surface area contributed by atoms with Crippen LogP contribution in [0.15, 0.2) is 18.2 Å². The number of terminal acetylenes is 1. The van der Waals surface area contributed by atoms with Gasteiger partial charge in [-0.1, -0.05) is 5.92 Å². The van der Waals surface area contributed by atoms with Gasteiger partial charge >= 0.3 is 0 Å². The van der Waals surface area contributed by atoms with Crippen molar-refractivity contribution in [3.63, 3.8) is 0 Å².